The van der Waals surface area contributed by atoms with Crippen molar-refractivity contribution >= 4 is 11.8 Å². The molecule has 4 rings (SSSR count). The van der Waals surface area contributed by atoms with E-state index in [0.717, 1.165) is 55.8 Å². The number of ether oxygens (including phenoxy) is 2. The van der Waals surface area contributed by atoms with E-state index >= 15 is 0 Å². The summed E-state index contributed by atoms with van der Waals surface area (Å²) >= 11 is 0. The van der Waals surface area contributed by atoms with Crippen LogP contribution in [0.2, 0.25) is 0 Å². The second-order valence-corrected chi connectivity index (χ2v) is 7.90. The van der Waals surface area contributed by atoms with Gasteiger partial charge in [-0.05, 0) is 55.8 Å². The fourth-order valence-electron chi connectivity index (χ4n) is 4.22. The maximum atomic E-state index is 12.8. The van der Waals surface area contributed by atoms with Gasteiger partial charge in [-0.25, -0.2) is 0 Å². The molecule has 1 aromatic carbocycles. The molecule has 2 atom stereocenters. The van der Waals surface area contributed by atoms with Crippen LogP contribution in [0.5, 0.6) is 11.5 Å². The maximum absolute atomic E-state index is 12.8. The first-order valence-corrected chi connectivity index (χ1v) is 10.4. The lowest BCUT2D eigenvalue weighted by Crippen LogP contribution is -2.47. The first-order chi connectivity index (χ1) is 13.7. The van der Waals surface area contributed by atoms with E-state index < -0.39 is 0 Å². The lowest BCUT2D eigenvalue weighted by Gasteiger charge is -2.33. The molecule has 0 aromatic heterocycles. The number of benzene rings is 1. The van der Waals surface area contributed by atoms with E-state index in [9.17, 15) is 9.59 Å². The van der Waals surface area contributed by atoms with Crippen molar-refractivity contribution < 1.29 is 19.1 Å². The van der Waals surface area contributed by atoms with Gasteiger partial charge in [-0.1, -0.05) is 6.07 Å². The molecule has 3 aliphatic rings. The molecule has 7 nitrogen and oxygen atoms in total. The summed E-state index contributed by atoms with van der Waals surface area (Å²) in [5.41, 5.74) is 0.942. The van der Waals surface area contributed by atoms with E-state index in [-0.39, 0.29) is 17.9 Å². The van der Waals surface area contributed by atoms with Crippen LogP contribution in [-0.2, 0) is 16.0 Å². The summed E-state index contributed by atoms with van der Waals surface area (Å²) in [6.45, 7) is 4.17. The molecule has 0 bridgehead atoms. The summed E-state index contributed by atoms with van der Waals surface area (Å²) in [5, 5.41) is 6.29. The quantitative estimate of drug-likeness (QED) is 0.791. The Morgan fingerprint density at radius 2 is 2.00 bits per heavy atom. The standard InChI is InChI=1S/C21H29N3O4/c25-20(12-15-5-6-18-19(11-15)28-10-9-27-18)24-8-2-3-16(14-24)13-23-21(26)17-4-1-7-22-17/h5-6,11,16-17,22H,1-4,7-10,12-14H2,(H,23,26). The van der Waals surface area contributed by atoms with Crippen LogP contribution in [0.25, 0.3) is 0 Å². The van der Waals surface area contributed by atoms with E-state index in [1.54, 1.807) is 0 Å². The first-order valence-electron chi connectivity index (χ1n) is 10.4. The normalized spacial score (nSPS) is 24.1. The number of nitrogens with one attached hydrogen (secondary N) is 2. The third-order valence-electron chi connectivity index (χ3n) is 5.78. The van der Waals surface area contributed by atoms with Crippen LogP contribution in [0.15, 0.2) is 18.2 Å². The zero-order chi connectivity index (χ0) is 19.3. The molecule has 1 aromatic rings. The van der Waals surface area contributed by atoms with Crippen molar-refractivity contribution in [3.63, 3.8) is 0 Å². The lowest BCUT2D eigenvalue weighted by atomic mass is 9.97. The van der Waals surface area contributed by atoms with Crippen LogP contribution in [0.1, 0.15) is 31.2 Å². The summed E-state index contributed by atoms with van der Waals surface area (Å²) in [4.78, 5) is 26.9. The minimum atomic E-state index is -0.0449. The Morgan fingerprint density at radius 1 is 1.14 bits per heavy atom. The van der Waals surface area contributed by atoms with Crippen molar-refractivity contribution in [2.75, 3.05) is 39.4 Å². The van der Waals surface area contributed by atoms with E-state index in [1.165, 1.54) is 0 Å². The molecule has 28 heavy (non-hydrogen) atoms. The van der Waals surface area contributed by atoms with Crippen molar-refractivity contribution in [2.24, 2.45) is 5.92 Å². The van der Waals surface area contributed by atoms with Gasteiger partial charge in [-0.15, -0.1) is 0 Å². The molecule has 3 heterocycles. The highest BCUT2D eigenvalue weighted by Crippen LogP contribution is 2.31. The minimum absolute atomic E-state index is 0.0449. The average Bonchev–Trinajstić information content (AvgIpc) is 3.27. The van der Waals surface area contributed by atoms with Crippen LogP contribution >= 0.6 is 0 Å². The van der Waals surface area contributed by atoms with Crippen molar-refractivity contribution in [2.45, 2.75) is 38.1 Å². The molecule has 2 fully saturated rings. The van der Waals surface area contributed by atoms with E-state index in [2.05, 4.69) is 10.6 Å². The van der Waals surface area contributed by atoms with Crippen molar-refractivity contribution in [1.82, 2.24) is 15.5 Å². The van der Waals surface area contributed by atoms with Crippen molar-refractivity contribution in [3.8, 4) is 11.5 Å². The number of piperidine rings is 1. The summed E-state index contributed by atoms with van der Waals surface area (Å²) in [5.74, 6) is 2.01. The number of carbonyl (C=O) groups is 2. The molecular weight excluding hydrogens is 358 g/mol. The van der Waals surface area contributed by atoms with Crippen molar-refractivity contribution in [3.05, 3.63) is 23.8 Å². The van der Waals surface area contributed by atoms with Gasteiger partial charge in [0.1, 0.15) is 13.2 Å². The second kappa shape index (κ2) is 8.82. The number of likely N-dealkylation sites (tertiary alicyclic amines) is 1. The fraction of sp³-hybridized carbons (Fsp3) is 0.619. The molecule has 3 aliphatic heterocycles. The topological polar surface area (TPSA) is 79.9 Å². The number of rotatable bonds is 5. The highest BCUT2D eigenvalue weighted by Gasteiger charge is 2.26. The Labute approximate surface area is 165 Å². The fourth-order valence-corrected chi connectivity index (χ4v) is 4.22. The van der Waals surface area contributed by atoms with E-state index in [1.807, 2.05) is 23.1 Å². The summed E-state index contributed by atoms with van der Waals surface area (Å²) in [7, 11) is 0. The van der Waals surface area contributed by atoms with Gasteiger partial charge in [0.05, 0.1) is 12.5 Å². The summed E-state index contributed by atoms with van der Waals surface area (Å²) in [6.07, 6.45) is 4.36. The van der Waals surface area contributed by atoms with E-state index in [4.69, 9.17) is 9.47 Å². The number of amides is 2. The molecule has 2 N–H and O–H groups in total. The number of hydrogen-bond acceptors (Lipinski definition) is 5. The van der Waals surface area contributed by atoms with Gasteiger partial charge in [-0.3, -0.25) is 9.59 Å². The number of fused-ring (bicyclic) bond motifs is 1. The molecule has 0 aliphatic carbocycles. The van der Waals surface area contributed by atoms with Gasteiger partial charge in [-0.2, -0.15) is 0 Å². The maximum Gasteiger partial charge on any atom is 0.237 e. The van der Waals surface area contributed by atoms with Gasteiger partial charge in [0.2, 0.25) is 11.8 Å². The SMILES string of the molecule is O=C(NCC1CCCN(C(=O)Cc2ccc3c(c2)OCCO3)C1)C1CCCN1. The van der Waals surface area contributed by atoms with Gasteiger partial charge in [0, 0.05) is 19.6 Å². The lowest BCUT2D eigenvalue weighted by molar-refractivity contribution is -0.132. The monoisotopic (exact) mass is 387 g/mol. The van der Waals surface area contributed by atoms with Crippen LogP contribution in [0.3, 0.4) is 0 Å². The Kier molecular flexibility index (Phi) is 6.00. The molecule has 0 radical (unpaired) electrons. The highest BCUT2D eigenvalue weighted by molar-refractivity contribution is 5.82. The Hall–Kier alpha value is -2.28. The van der Waals surface area contributed by atoms with Crippen LogP contribution in [0, 0.1) is 5.92 Å². The first kappa shape index (κ1) is 19.1. The Morgan fingerprint density at radius 3 is 2.82 bits per heavy atom. The van der Waals surface area contributed by atoms with Gasteiger partial charge in [0.15, 0.2) is 11.5 Å². The minimum Gasteiger partial charge on any atom is -0.486 e. The molecule has 0 spiro atoms. The molecule has 2 unspecified atom stereocenters. The van der Waals surface area contributed by atoms with Gasteiger partial charge < -0.3 is 25.0 Å². The number of carbonyl (C=O) groups excluding carboxylic acids is 2. The molecular formula is C21H29N3O4. The second-order valence-electron chi connectivity index (χ2n) is 7.90. The molecule has 0 saturated carbocycles. The van der Waals surface area contributed by atoms with Gasteiger partial charge in [0.25, 0.3) is 0 Å². The van der Waals surface area contributed by atoms with Gasteiger partial charge >= 0.3 is 0 Å². The summed E-state index contributed by atoms with van der Waals surface area (Å²) < 4.78 is 11.1. The third kappa shape index (κ3) is 4.58. The molecule has 7 heteroatoms. The number of nitrogens with zero attached hydrogens (tertiary/aromatic N) is 1. The van der Waals surface area contributed by atoms with Crippen LogP contribution < -0.4 is 20.1 Å². The smallest absolute Gasteiger partial charge is 0.237 e. The van der Waals surface area contributed by atoms with E-state index in [0.29, 0.717) is 38.6 Å². The van der Waals surface area contributed by atoms with Crippen LogP contribution in [0.4, 0.5) is 0 Å². The summed E-state index contributed by atoms with van der Waals surface area (Å²) in [6, 6.07) is 5.67. The average molecular weight is 387 g/mol. The zero-order valence-electron chi connectivity index (χ0n) is 16.2. The van der Waals surface area contributed by atoms with Crippen LogP contribution in [-0.4, -0.2) is 62.1 Å². The Balaban J connectivity index is 1.27. The zero-order valence-corrected chi connectivity index (χ0v) is 16.2. The van der Waals surface area contributed by atoms with Crippen molar-refractivity contribution in [1.29, 1.82) is 0 Å². The largest absolute Gasteiger partial charge is 0.486 e. The molecule has 2 saturated heterocycles. The highest BCUT2D eigenvalue weighted by atomic mass is 16.6. The number of hydrogen-bond donors (Lipinski definition) is 2. The molecule has 2 amide bonds. The molecule has 152 valence electrons. The third-order valence-corrected chi connectivity index (χ3v) is 5.78. The predicted molar refractivity (Wildman–Crippen MR) is 104 cm³/mol. The predicted octanol–water partition coefficient (Wildman–Crippen LogP) is 1.11. The Bertz CT molecular complexity index is 718.